The Labute approximate surface area is 138 Å². The number of amides is 1. The van der Waals surface area contributed by atoms with Gasteiger partial charge in [-0.15, -0.1) is 0 Å². The van der Waals surface area contributed by atoms with Crippen molar-refractivity contribution in [2.45, 2.75) is 13.5 Å². The second kappa shape index (κ2) is 5.20. The van der Waals surface area contributed by atoms with Crippen molar-refractivity contribution in [1.29, 1.82) is 5.26 Å². The lowest BCUT2D eigenvalue weighted by Crippen LogP contribution is -2.34. The lowest BCUT2D eigenvalue weighted by atomic mass is 9.99. The van der Waals surface area contributed by atoms with Crippen LogP contribution in [0.4, 0.5) is 4.39 Å². The van der Waals surface area contributed by atoms with Gasteiger partial charge in [-0.2, -0.15) is 5.26 Å². The molecule has 0 spiro atoms. The van der Waals surface area contributed by atoms with Gasteiger partial charge in [-0.3, -0.25) is 4.79 Å². The maximum atomic E-state index is 14.0. The minimum absolute atomic E-state index is 0.128. The summed E-state index contributed by atoms with van der Waals surface area (Å²) in [5.41, 5.74) is 3.96. The largest absolute Gasteiger partial charge is 0.349 e. The Balaban J connectivity index is 2.08. The number of hydrogen-bond donors (Lipinski definition) is 1. The van der Waals surface area contributed by atoms with Crippen LogP contribution in [0, 0.1) is 24.1 Å². The Bertz CT molecular complexity index is 1040. The van der Waals surface area contributed by atoms with E-state index < -0.39 is 0 Å². The highest BCUT2D eigenvalue weighted by molar-refractivity contribution is 6.04. The average molecular weight is 319 g/mol. The molecule has 0 fully saturated rings. The van der Waals surface area contributed by atoms with Gasteiger partial charge in [0.1, 0.15) is 11.5 Å². The van der Waals surface area contributed by atoms with Crippen LogP contribution in [0.2, 0.25) is 0 Å². The highest BCUT2D eigenvalue weighted by Crippen LogP contribution is 2.34. The van der Waals surface area contributed by atoms with E-state index in [2.05, 4.69) is 11.4 Å². The second-order valence-electron chi connectivity index (χ2n) is 5.97. The second-order valence-corrected chi connectivity index (χ2v) is 5.97. The average Bonchev–Trinajstić information content (AvgIpc) is 2.96. The molecule has 3 aromatic rings. The van der Waals surface area contributed by atoms with Crippen molar-refractivity contribution in [2.24, 2.45) is 0 Å². The highest BCUT2D eigenvalue weighted by atomic mass is 19.1. The lowest BCUT2D eigenvalue weighted by Gasteiger charge is -2.18. The molecular formula is C19H14FN3O. The molecule has 0 aliphatic carbocycles. The summed E-state index contributed by atoms with van der Waals surface area (Å²) in [6, 6.07) is 12.5. The Morgan fingerprint density at radius 3 is 2.83 bits per heavy atom. The van der Waals surface area contributed by atoms with Crippen LogP contribution in [0.15, 0.2) is 36.4 Å². The van der Waals surface area contributed by atoms with Crippen LogP contribution in [-0.2, 0) is 6.54 Å². The fourth-order valence-electron chi connectivity index (χ4n) is 3.25. The van der Waals surface area contributed by atoms with Crippen molar-refractivity contribution in [3.8, 4) is 17.2 Å². The van der Waals surface area contributed by atoms with Crippen LogP contribution >= 0.6 is 0 Å². The Morgan fingerprint density at radius 1 is 1.25 bits per heavy atom. The van der Waals surface area contributed by atoms with Gasteiger partial charge in [0, 0.05) is 24.0 Å². The van der Waals surface area contributed by atoms with Gasteiger partial charge in [0.2, 0.25) is 0 Å². The maximum absolute atomic E-state index is 14.0. The Kier molecular flexibility index (Phi) is 3.14. The van der Waals surface area contributed by atoms with E-state index in [1.807, 2.05) is 10.6 Å². The zero-order valence-electron chi connectivity index (χ0n) is 13.1. The molecule has 1 aliphatic rings. The van der Waals surface area contributed by atoms with Crippen LogP contribution in [0.3, 0.4) is 0 Å². The van der Waals surface area contributed by atoms with Gasteiger partial charge >= 0.3 is 0 Å². The number of halogens is 1. The van der Waals surface area contributed by atoms with Gasteiger partial charge in [-0.1, -0.05) is 12.1 Å². The van der Waals surface area contributed by atoms with Gasteiger partial charge in [0.05, 0.1) is 17.1 Å². The standard InChI is InChI=1S/C19H14FN3O/c1-11-2-3-13(8-16(11)20)15-7-12(10-21)6-14-9-17-19(24)22-4-5-23(17)18(14)15/h2-3,6-9H,4-5H2,1H3,(H,22,24). The fourth-order valence-corrected chi connectivity index (χ4v) is 3.25. The smallest absolute Gasteiger partial charge is 0.268 e. The summed E-state index contributed by atoms with van der Waals surface area (Å²) < 4.78 is 16.0. The lowest BCUT2D eigenvalue weighted by molar-refractivity contribution is 0.0929. The van der Waals surface area contributed by atoms with Crippen molar-refractivity contribution in [2.75, 3.05) is 6.54 Å². The topological polar surface area (TPSA) is 57.8 Å². The quantitative estimate of drug-likeness (QED) is 0.747. The minimum atomic E-state index is -0.286. The Hall–Kier alpha value is -3.13. The van der Waals surface area contributed by atoms with Crippen molar-refractivity contribution in [1.82, 2.24) is 9.88 Å². The number of aryl methyl sites for hydroxylation is 1. The van der Waals surface area contributed by atoms with Crippen LogP contribution < -0.4 is 5.32 Å². The first kappa shape index (κ1) is 14.5. The third kappa shape index (κ3) is 2.08. The fraction of sp³-hybridized carbons (Fsp3) is 0.158. The summed E-state index contributed by atoms with van der Waals surface area (Å²) in [4.78, 5) is 12.1. The molecule has 0 radical (unpaired) electrons. The van der Waals surface area contributed by atoms with E-state index in [1.54, 1.807) is 31.2 Å². The van der Waals surface area contributed by atoms with Crippen molar-refractivity contribution in [3.05, 3.63) is 59.0 Å². The first-order valence-electron chi connectivity index (χ1n) is 7.70. The molecular weight excluding hydrogens is 305 g/mol. The van der Waals surface area contributed by atoms with E-state index in [-0.39, 0.29) is 11.7 Å². The summed E-state index contributed by atoms with van der Waals surface area (Å²) in [6.07, 6.45) is 0. The number of carbonyl (C=O) groups is 1. The number of fused-ring (bicyclic) bond motifs is 3. The Morgan fingerprint density at radius 2 is 2.08 bits per heavy atom. The number of benzene rings is 2. The van der Waals surface area contributed by atoms with Crippen LogP contribution in [0.1, 0.15) is 21.6 Å². The van der Waals surface area contributed by atoms with Crippen molar-refractivity contribution >= 4 is 16.8 Å². The number of nitrogens with zero attached hydrogens (tertiary/aromatic N) is 2. The normalized spacial score (nSPS) is 13.5. The van der Waals surface area contributed by atoms with E-state index in [1.165, 1.54) is 6.07 Å². The molecule has 1 amide bonds. The molecule has 0 saturated carbocycles. The van der Waals surface area contributed by atoms with Gasteiger partial charge < -0.3 is 9.88 Å². The molecule has 0 unspecified atom stereocenters. The molecule has 118 valence electrons. The molecule has 1 aliphatic heterocycles. The molecule has 0 saturated heterocycles. The molecule has 4 rings (SSSR count). The molecule has 4 nitrogen and oxygen atoms in total. The van der Waals surface area contributed by atoms with Crippen LogP contribution in [-0.4, -0.2) is 17.0 Å². The summed E-state index contributed by atoms with van der Waals surface area (Å²) in [5, 5.41) is 12.9. The first-order chi connectivity index (χ1) is 11.6. The van der Waals surface area contributed by atoms with E-state index >= 15 is 0 Å². The molecule has 0 bridgehead atoms. The van der Waals surface area contributed by atoms with Gasteiger partial charge in [0.15, 0.2) is 0 Å². The van der Waals surface area contributed by atoms with E-state index in [4.69, 9.17) is 0 Å². The van der Waals surface area contributed by atoms with Crippen molar-refractivity contribution < 1.29 is 9.18 Å². The molecule has 1 N–H and O–H groups in total. The minimum Gasteiger partial charge on any atom is -0.349 e. The van der Waals surface area contributed by atoms with Crippen molar-refractivity contribution in [3.63, 3.8) is 0 Å². The first-order valence-corrected chi connectivity index (χ1v) is 7.70. The predicted molar refractivity (Wildman–Crippen MR) is 89.1 cm³/mol. The molecule has 5 heteroatoms. The van der Waals surface area contributed by atoms with Gasteiger partial charge in [0.25, 0.3) is 5.91 Å². The predicted octanol–water partition coefficient (Wildman–Crippen LogP) is 3.37. The van der Waals surface area contributed by atoms with Gasteiger partial charge in [-0.05, 0) is 42.3 Å². The van der Waals surface area contributed by atoms with Crippen LogP contribution in [0.25, 0.3) is 22.0 Å². The molecule has 0 atom stereocenters. The van der Waals surface area contributed by atoms with E-state index in [0.717, 1.165) is 16.5 Å². The number of rotatable bonds is 1. The number of aromatic nitrogens is 1. The van der Waals surface area contributed by atoms with Crippen LogP contribution in [0.5, 0.6) is 0 Å². The summed E-state index contributed by atoms with van der Waals surface area (Å²) in [7, 11) is 0. The van der Waals surface area contributed by atoms with E-state index in [0.29, 0.717) is 35.5 Å². The third-order valence-corrected chi connectivity index (χ3v) is 4.46. The molecule has 2 aromatic carbocycles. The number of nitriles is 1. The summed E-state index contributed by atoms with van der Waals surface area (Å²) in [5.74, 6) is -0.414. The third-order valence-electron chi connectivity index (χ3n) is 4.46. The molecule has 1 aromatic heterocycles. The number of nitrogens with one attached hydrogen (secondary N) is 1. The maximum Gasteiger partial charge on any atom is 0.268 e. The zero-order valence-corrected chi connectivity index (χ0v) is 13.1. The van der Waals surface area contributed by atoms with Gasteiger partial charge in [-0.25, -0.2) is 4.39 Å². The number of hydrogen-bond acceptors (Lipinski definition) is 2. The SMILES string of the molecule is Cc1ccc(-c2cc(C#N)cc3cc4n(c23)CCNC4=O)cc1F. The highest BCUT2D eigenvalue weighted by Gasteiger charge is 2.22. The monoisotopic (exact) mass is 319 g/mol. The number of carbonyl (C=O) groups excluding carboxylic acids is 1. The zero-order chi connectivity index (χ0) is 16.8. The summed E-state index contributed by atoms with van der Waals surface area (Å²) >= 11 is 0. The van der Waals surface area contributed by atoms with E-state index in [9.17, 15) is 14.4 Å². The molecule has 2 heterocycles. The summed E-state index contributed by atoms with van der Waals surface area (Å²) in [6.45, 7) is 2.92. The molecule has 24 heavy (non-hydrogen) atoms.